The van der Waals surface area contributed by atoms with Crippen LogP contribution in [0.4, 0.5) is 0 Å². The largest absolute Gasteiger partial charge is 0.382 e. The van der Waals surface area contributed by atoms with Crippen molar-refractivity contribution in [2.24, 2.45) is 5.92 Å². The van der Waals surface area contributed by atoms with Gasteiger partial charge in [-0.15, -0.1) is 0 Å². The number of rotatable bonds is 7. The first-order valence-electron chi connectivity index (χ1n) is 9.53. The van der Waals surface area contributed by atoms with Crippen molar-refractivity contribution in [1.82, 2.24) is 20.0 Å². The summed E-state index contributed by atoms with van der Waals surface area (Å²) in [5, 5.41) is 3.19. The molecular weight excluding hydrogens is 392 g/mol. The minimum atomic E-state index is -3.56. The Morgan fingerprint density at radius 3 is 2.61 bits per heavy atom. The highest BCUT2D eigenvalue weighted by molar-refractivity contribution is 7.89. The number of hydrogen-bond donors (Lipinski definition) is 2. The van der Waals surface area contributed by atoms with E-state index >= 15 is 0 Å². The van der Waals surface area contributed by atoms with Gasteiger partial charge >= 0.3 is 0 Å². The summed E-state index contributed by atoms with van der Waals surface area (Å²) in [6.45, 7) is 0.357. The van der Waals surface area contributed by atoms with Crippen molar-refractivity contribution >= 4 is 27.2 Å². The molecule has 0 spiro atoms. The van der Waals surface area contributed by atoms with Gasteiger partial charge in [0.25, 0.3) is 0 Å². The molecule has 150 valence electrons. The minimum absolute atomic E-state index is 0.183. The smallest absolute Gasteiger partial charge is 0.242 e. The monoisotopic (exact) mass is 418 g/mol. The van der Waals surface area contributed by atoms with E-state index in [1.54, 1.807) is 24.5 Å². The first-order valence-corrected chi connectivity index (χ1v) is 11.4. The van der Waals surface area contributed by atoms with Gasteiger partial charge < -0.3 is 5.32 Å². The van der Waals surface area contributed by atoms with Crippen LogP contribution in [-0.2, 0) is 15.4 Å². The molecule has 0 aliphatic heterocycles. The maximum absolute atomic E-state index is 12.5. The second kappa shape index (κ2) is 9.07. The molecule has 3 rings (SSSR count). The van der Waals surface area contributed by atoms with Crippen molar-refractivity contribution in [2.45, 2.75) is 42.4 Å². The fraction of sp³-hybridized carbons (Fsp3) is 0.450. The molecule has 0 saturated heterocycles. The Morgan fingerprint density at radius 2 is 1.96 bits per heavy atom. The van der Waals surface area contributed by atoms with E-state index in [1.807, 2.05) is 19.3 Å². The summed E-state index contributed by atoms with van der Waals surface area (Å²) < 4.78 is 27.7. The zero-order chi connectivity index (χ0) is 20.0. The molecule has 1 fully saturated rings. The third-order valence-electron chi connectivity index (χ3n) is 5.61. The third kappa shape index (κ3) is 4.24. The highest BCUT2D eigenvalue weighted by Gasteiger charge is 2.45. The zero-order valence-electron chi connectivity index (χ0n) is 16.0. The molecule has 1 saturated carbocycles. The Labute approximate surface area is 172 Å². The lowest BCUT2D eigenvalue weighted by Crippen LogP contribution is -2.50. The number of sulfonamides is 1. The van der Waals surface area contributed by atoms with E-state index < -0.39 is 10.0 Å². The molecule has 1 aliphatic carbocycles. The summed E-state index contributed by atoms with van der Waals surface area (Å²) >= 11 is 5.76. The molecule has 0 radical (unpaired) electrons. The third-order valence-corrected chi connectivity index (χ3v) is 7.62. The van der Waals surface area contributed by atoms with Crippen LogP contribution in [0.3, 0.4) is 0 Å². The van der Waals surface area contributed by atoms with E-state index in [4.69, 9.17) is 12.2 Å². The summed E-state index contributed by atoms with van der Waals surface area (Å²) in [6.07, 6.45) is 11.4. The van der Waals surface area contributed by atoms with E-state index in [1.165, 1.54) is 6.20 Å². The van der Waals surface area contributed by atoms with Gasteiger partial charge in [0.1, 0.15) is 4.90 Å². The van der Waals surface area contributed by atoms with Gasteiger partial charge in [-0.2, -0.15) is 0 Å². The Kier molecular flexibility index (Phi) is 6.74. The average Bonchev–Trinajstić information content (AvgIpc) is 2.74. The number of likely N-dealkylation sites (N-methyl/N-ethyl adjacent to an activating group) is 1. The molecule has 2 N–H and O–H groups in total. The summed E-state index contributed by atoms with van der Waals surface area (Å²) in [5.41, 5.74) is 0.797. The predicted molar refractivity (Wildman–Crippen MR) is 114 cm³/mol. The summed E-state index contributed by atoms with van der Waals surface area (Å²) in [5.74, 6) is 0.238. The summed E-state index contributed by atoms with van der Waals surface area (Å²) in [6, 6.07) is 7.18. The van der Waals surface area contributed by atoms with Gasteiger partial charge in [0, 0.05) is 43.8 Å². The van der Waals surface area contributed by atoms with Crippen LogP contribution in [0.15, 0.2) is 53.9 Å². The van der Waals surface area contributed by atoms with E-state index in [0.717, 1.165) is 36.2 Å². The van der Waals surface area contributed by atoms with Crippen LogP contribution < -0.4 is 10.0 Å². The van der Waals surface area contributed by atoms with Gasteiger partial charge in [-0.1, -0.05) is 31.1 Å². The summed E-state index contributed by atoms with van der Waals surface area (Å²) in [4.78, 5) is 9.19. The average molecular weight is 419 g/mol. The fourth-order valence-electron chi connectivity index (χ4n) is 4.25. The van der Waals surface area contributed by atoms with Crippen molar-refractivity contribution in [1.29, 1.82) is 0 Å². The topological polar surface area (TPSA) is 84.0 Å². The molecule has 6 nitrogen and oxygen atoms in total. The number of nitrogens with zero attached hydrogens (tertiary/aromatic N) is 2. The van der Waals surface area contributed by atoms with Crippen molar-refractivity contribution in [2.75, 3.05) is 13.6 Å². The van der Waals surface area contributed by atoms with Gasteiger partial charge in [0.05, 0.1) is 4.99 Å². The zero-order valence-corrected chi connectivity index (χ0v) is 17.6. The maximum atomic E-state index is 12.5. The van der Waals surface area contributed by atoms with Crippen LogP contribution in [0.2, 0.25) is 0 Å². The number of hydrogen-bond acceptors (Lipinski definition) is 5. The van der Waals surface area contributed by atoms with E-state index in [-0.39, 0.29) is 16.2 Å². The van der Waals surface area contributed by atoms with Crippen molar-refractivity contribution in [3.8, 4) is 0 Å². The molecule has 2 atom stereocenters. The number of thiocarbonyl (C=S) groups is 1. The van der Waals surface area contributed by atoms with Crippen LogP contribution in [0.25, 0.3) is 0 Å². The normalized spacial score (nSPS) is 22.5. The van der Waals surface area contributed by atoms with Crippen LogP contribution in [0.5, 0.6) is 0 Å². The minimum Gasteiger partial charge on any atom is -0.382 e. The number of pyridine rings is 2. The quantitative estimate of drug-likeness (QED) is 0.673. The molecule has 2 aromatic rings. The predicted octanol–water partition coefficient (Wildman–Crippen LogP) is 2.82. The second-order valence-corrected chi connectivity index (χ2v) is 9.29. The summed E-state index contributed by atoms with van der Waals surface area (Å²) in [7, 11) is -1.70. The van der Waals surface area contributed by atoms with Crippen LogP contribution in [-0.4, -0.2) is 37.0 Å². The molecule has 0 amide bonds. The molecule has 2 heterocycles. The lowest BCUT2D eigenvalue weighted by Gasteiger charge is -2.45. The molecule has 0 unspecified atom stereocenters. The molecule has 0 aromatic carbocycles. The first kappa shape index (κ1) is 20.8. The highest BCUT2D eigenvalue weighted by Crippen LogP contribution is 2.46. The molecule has 2 aromatic heterocycles. The highest BCUT2D eigenvalue weighted by atomic mass is 32.2. The van der Waals surface area contributed by atoms with Crippen molar-refractivity contribution in [3.05, 3.63) is 54.6 Å². The molecule has 8 heteroatoms. The molecule has 1 aliphatic rings. The van der Waals surface area contributed by atoms with Gasteiger partial charge in [0.2, 0.25) is 10.0 Å². The number of aromatic nitrogens is 2. The first-order chi connectivity index (χ1) is 13.5. The van der Waals surface area contributed by atoms with E-state index in [2.05, 4.69) is 26.1 Å². The SMILES string of the molecule is CNC(=S)[C@@]1(c2cccnc2)CCCC[C@@H]1CCNS(=O)(=O)c1cccnc1. The number of nitrogens with one attached hydrogen (secondary N) is 2. The lowest BCUT2D eigenvalue weighted by molar-refractivity contribution is 0.239. The Morgan fingerprint density at radius 1 is 1.21 bits per heavy atom. The fourth-order valence-corrected chi connectivity index (χ4v) is 5.65. The van der Waals surface area contributed by atoms with E-state index in [9.17, 15) is 8.42 Å². The van der Waals surface area contributed by atoms with Gasteiger partial charge in [-0.3, -0.25) is 9.97 Å². The van der Waals surface area contributed by atoms with Gasteiger partial charge in [0.15, 0.2) is 0 Å². The van der Waals surface area contributed by atoms with Crippen LogP contribution >= 0.6 is 12.2 Å². The van der Waals surface area contributed by atoms with Crippen LogP contribution in [0.1, 0.15) is 37.7 Å². The lowest BCUT2D eigenvalue weighted by atomic mass is 9.61. The Hall–Kier alpha value is -1.90. The van der Waals surface area contributed by atoms with Crippen molar-refractivity contribution < 1.29 is 8.42 Å². The van der Waals surface area contributed by atoms with E-state index in [0.29, 0.717) is 13.0 Å². The second-order valence-electron chi connectivity index (χ2n) is 7.11. The Balaban J connectivity index is 1.80. The standard InChI is InChI=1S/C20H26N4O2S2/c1-21-19(27)20(17-7-4-11-22-14-17)10-3-2-6-16(20)9-13-24-28(25,26)18-8-5-12-23-15-18/h4-5,7-8,11-12,14-16,24H,2-3,6,9-10,13H2,1H3,(H,21,27)/t16-,20+/m1/s1. The van der Waals surface area contributed by atoms with Gasteiger partial charge in [-0.25, -0.2) is 13.1 Å². The Bertz CT molecular complexity index is 891. The van der Waals surface area contributed by atoms with Crippen LogP contribution in [0, 0.1) is 5.92 Å². The molecule has 28 heavy (non-hydrogen) atoms. The van der Waals surface area contributed by atoms with Gasteiger partial charge in [-0.05, 0) is 48.9 Å². The molecule has 0 bridgehead atoms. The van der Waals surface area contributed by atoms with Crippen molar-refractivity contribution in [3.63, 3.8) is 0 Å². The maximum Gasteiger partial charge on any atom is 0.242 e. The molecular formula is C20H26N4O2S2.